The highest BCUT2D eigenvalue weighted by Crippen LogP contribution is 2.07. The second-order valence-corrected chi connectivity index (χ2v) is 2.63. The van der Waals surface area contributed by atoms with Gasteiger partial charge >= 0.3 is 0 Å². The Morgan fingerprint density at radius 2 is 2.46 bits per heavy atom. The smallest absolute Gasteiger partial charge is 0.0865 e. The molecule has 13 heavy (non-hydrogen) atoms. The zero-order valence-corrected chi connectivity index (χ0v) is 7.73. The van der Waals surface area contributed by atoms with E-state index in [1.165, 1.54) is 0 Å². The molecule has 4 nitrogen and oxygen atoms in total. The first-order valence-corrected chi connectivity index (χ1v) is 4.33. The number of nitrogens with zero attached hydrogens (tertiary/aromatic N) is 1. The quantitative estimate of drug-likeness (QED) is 0.516. The van der Waals surface area contributed by atoms with Crippen LogP contribution in [0.5, 0.6) is 0 Å². The molecule has 0 aromatic carbocycles. The Hall–Kier alpha value is -0.970. The fourth-order valence-electron chi connectivity index (χ4n) is 1.04. The van der Waals surface area contributed by atoms with Gasteiger partial charge in [0.2, 0.25) is 0 Å². The molecule has 0 saturated heterocycles. The minimum atomic E-state index is -0.0267. The van der Waals surface area contributed by atoms with Gasteiger partial charge in [-0.1, -0.05) is 6.07 Å². The molecule has 72 valence electrons. The summed E-state index contributed by atoms with van der Waals surface area (Å²) in [6.45, 7) is 3.18. The van der Waals surface area contributed by atoms with Gasteiger partial charge in [0.15, 0.2) is 0 Å². The summed E-state index contributed by atoms with van der Waals surface area (Å²) in [5.74, 6) is 5.38. The molecule has 0 aliphatic heterocycles. The Labute approximate surface area is 78.1 Å². The van der Waals surface area contributed by atoms with E-state index in [0.29, 0.717) is 13.2 Å². The Morgan fingerprint density at radius 3 is 3.00 bits per heavy atom. The molecule has 0 saturated carbocycles. The van der Waals surface area contributed by atoms with Crippen LogP contribution >= 0.6 is 0 Å². The molecule has 1 aromatic heterocycles. The van der Waals surface area contributed by atoms with Crippen molar-refractivity contribution in [1.82, 2.24) is 10.4 Å². The molecule has 0 aliphatic carbocycles. The van der Waals surface area contributed by atoms with E-state index in [4.69, 9.17) is 10.6 Å². The molecule has 0 amide bonds. The van der Waals surface area contributed by atoms with Crippen LogP contribution in [0.1, 0.15) is 18.7 Å². The molecule has 1 aromatic rings. The zero-order valence-electron chi connectivity index (χ0n) is 7.73. The van der Waals surface area contributed by atoms with Gasteiger partial charge in [0.05, 0.1) is 18.3 Å². The van der Waals surface area contributed by atoms with E-state index in [1.807, 2.05) is 25.1 Å². The highest BCUT2D eigenvalue weighted by Gasteiger charge is 2.09. The van der Waals surface area contributed by atoms with Crippen LogP contribution in [0.15, 0.2) is 24.4 Å². The van der Waals surface area contributed by atoms with Crippen molar-refractivity contribution in [2.75, 3.05) is 13.2 Å². The second-order valence-electron chi connectivity index (χ2n) is 2.63. The Kier molecular flexibility index (Phi) is 4.39. The summed E-state index contributed by atoms with van der Waals surface area (Å²) in [6, 6.07) is 5.70. The maximum Gasteiger partial charge on any atom is 0.0865 e. The van der Waals surface area contributed by atoms with Crippen molar-refractivity contribution in [1.29, 1.82) is 0 Å². The summed E-state index contributed by atoms with van der Waals surface area (Å²) in [5, 5.41) is 0. The van der Waals surface area contributed by atoms with Crippen LogP contribution in [0.25, 0.3) is 0 Å². The van der Waals surface area contributed by atoms with Crippen molar-refractivity contribution in [2.45, 2.75) is 13.0 Å². The lowest BCUT2D eigenvalue weighted by Gasteiger charge is -2.14. The van der Waals surface area contributed by atoms with E-state index in [1.54, 1.807) is 6.20 Å². The molecule has 0 bridgehead atoms. The molecular formula is C9H15N3O. The number of nitrogens with two attached hydrogens (primary N) is 1. The van der Waals surface area contributed by atoms with Gasteiger partial charge in [0.1, 0.15) is 0 Å². The van der Waals surface area contributed by atoms with Crippen molar-refractivity contribution in [3.05, 3.63) is 30.1 Å². The minimum absolute atomic E-state index is 0.0267. The molecule has 0 fully saturated rings. The molecular weight excluding hydrogens is 166 g/mol. The number of hydrazine groups is 1. The molecule has 4 heteroatoms. The summed E-state index contributed by atoms with van der Waals surface area (Å²) < 4.78 is 5.26. The third kappa shape index (κ3) is 3.10. The minimum Gasteiger partial charge on any atom is -0.380 e. The monoisotopic (exact) mass is 181 g/mol. The molecule has 1 rings (SSSR count). The van der Waals surface area contributed by atoms with E-state index < -0.39 is 0 Å². The lowest BCUT2D eigenvalue weighted by molar-refractivity contribution is 0.122. The Balaban J connectivity index is 2.56. The average Bonchev–Trinajstić information content (AvgIpc) is 2.21. The summed E-state index contributed by atoms with van der Waals surface area (Å²) >= 11 is 0. The lowest BCUT2D eigenvalue weighted by atomic mass is 10.2. The fraction of sp³-hybridized carbons (Fsp3) is 0.444. The first-order chi connectivity index (χ1) is 6.38. The zero-order chi connectivity index (χ0) is 9.52. The number of hydrogen-bond acceptors (Lipinski definition) is 4. The molecule has 1 atom stereocenters. The molecule has 1 heterocycles. The summed E-state index contributed by atoms with van der Waals surface area (Å²) in [4.78, 5) is 4.18. The van der Waals surface area contributed by atoms with Crippen molar-refractivity contribution < 1.29 is 4.74 Å². The van der Waals surface area contributed by atoms with E-state index >= 15 is 0 Å². The van der Waals surface area contributed by atoms with Crippen molar-refractivity contribution in [3.63, 3.8) is 0 Å². The Morgan fingerprint density at radius 1 is 1.62 bits per heavy atom. The van der Waals surface area contributed by atoms with Gasteiger partial charge in [-0.15, -0.1) is 0 Å². The maximum atomic E-state index is 5.38. The lowest BCUT2D eigenvalue weighted by Crippen LogP contribution is -2.32. The fourth-order valence-corrected chi connectivity index (χ4v) is 1.04. The molecule has 0 aliphatic rings. The first-order valence-electron chi connectivity index (χ1n) is 4.33. The van der Waals surface area contributed by atoms with Gasteiger partial charge in [-0.2, -0.15) is 0 Å². The third-order valence-electron chi connectivity index (χ3n) is 1.73. The molecule has 0 radical (unpaired) electrons. The number of rotatable bonds is 5. The van der Waals surface area contributed by atoms with Gasteiger partial charge in [-0.3, -0.25) is 10.8 Å². The molecule has 1 unspecified atom stereocenters. The van der Waals surface area contributed by atoms with Crippen LogP contribution in [-0.4, -0.2) is 18.2 Å². The highest BCUT2D eigenvalue weighted by atomic mass is 16.5. The second kappa shape index (κ2) is 5.64. The predicted molar refractivity (Wildman–Crippen MR) is 50.8 cm³/mol. The summed E-state index contributed by atoms with van der Waals surface area (Å²) in [6.07, 6.45) is 1.74. The van der Waals surface area contributed by atoms with Gasteiger partial charge in [0, 0.05) is 12.8 Å². The average molecular weight is 181 g/mol. The van der Waals surface area contributed by atoms with Crippen LogP contribution < -0.4 is 11.3 Å². The number of nitrogens with one attached hydrogen (secondary N) is 1. The van der Waals surface area contributed by atoms with Crippen LogP contribution in [0.3, 0.4) is 0 Å². The first kappa shape index (κ1) is 10.1. The topological polar surface area (TPSA) is 60.2 Å². The summed E-state index contributed by atoms with van der Waals surface area (Å²) in [5.41, 5.74) is 3.57. The van der Waals surface area contributed by atoms with E-state index in [-0.39, 0.29) is 6.04 Å². The largest absolute Gasteiger partial charge is 0.380 e. The van der Waals surface area contributed by atoms with Crippen LogP contribution in [0.2, 0.25) is 0 Å². The number of pyridine rings is 1. The van der Waals surface area contributed by atoms with E-state index in [9.17, 15) is 0 Å². The number of hydrogen-bond donors (Lipinski definition) is 2. The predicted octanol–water partition coefficient (Wildman–Crippen LogP) is 0.622. The van der Waals surface area contributed by atoms with Crippen LogP contribution in [-0.2, 0) is 4.74 Å². The van der Waals surface area contributed by atoms with E-state index in [0.717, 1.165) is 5.69 Å². The van der Waals surface area contributed by atoms with Crippen molar-refractivity contribution >= 4 is 0 Å². The van der Waals surface area contributed by atoms with Crippen LogP contribution in [0.4, 0.5) is 0 Å². The van der Waals surface area contributed by atoms with Crippen molar-refractivity contribution in [2.24, 2.45) is 5.84 Å². The molecule has 0 spiro atoms. The Bertz CT molecular complexity index is 228. The number of aromatic nitrogens is 1. The normalized spacial score (nSPS) is 12.8. The third-order valence-corrected chi connectivity index (χ3v) is 1.73. The van der Waals surface area contributed by atoms with Crippen molar-refractivity contribution in [3.8, 4) is 0 Å². The highest BCUT2D eigenvalue weighted by molar-refractivity contribution is 5.08. The van der Waals surface area contributed by atoms with Gasteiger partial charge in [0.25, 0.3) is 0 Å². The van der Waals surface area contributed by atoms with Gasteiger partial charge in [-0.05, 0) is 19.1 Å². The van der Waals surface area contributed by atoms with Gasteiger partial charge < -0.3 is 4.74 Å². The van der Waals surface area contributed by atoms with Gasteiger partial charge in [-0.25, -0.2) is 5.43 Å². The molecule has 3 N–H and O–H groups in total. The summed E-state index contributed by atoms with van der Waals surface area (Å²) in [7, 11) is 0. The standard InChI is InChI=1S/C9H15N3O/c1-2-13-7-9(12-10)8-5-3-4-6-11-8/h3-6,9,12H,2,7,10H2,1H3. The SMILES string of the molecule is CCOCC(NN)c1ccccn1. The van der Waals surface area contributed by atoms with E-state index in [2.05, 4.69) is 10.4 Å². The van der Waals surface area contributed by atoms with Crippen LogP contribution in [0, 0.1) is 0 Å². The maximum absolute atomic E-state index is 5.38. The number of ether oxygens (including phenoxy) is 1.